The molecule has 2 rings (SSSR count). The van der Waals surface area contributed by atoms with Crippen LogP contribution in [-0.4, -0.2) is 35.2 Å². The predicted octanol–water partition coefficient (Wildman–Crippen LogP) is 3.23. The van der Waals surface area contributed by atoms with Gasteiger partial charge in [0.2, 0.25) is 5.91 Å². The number of nitrogen functional groups attached to an aromatic ring is 1. The van der Waals surface area contributed by atoms with Crippen molar-refractivity contribution in [3.63, 3.8) is 0 Å². The summed E-state index contributed by atoms with van der Waals surface area (Å²) in [6.07, 6.45) is -0.803. The van der Waals surface area contributed by atoms with Gasteiger partial charge in [-0.1, -0.05) is 30.3 Å². The van der Waals surface area contributed by atoms with Gasteiger partial charge < -0.3 is 25.8 Å². The minimum atomic E-state index is -1.13. The van der Waals surface area contributed by atoms with E-state index in [1.54, 1.807) is 20.8 Å². The molecule has 10 nitrogen and oxygen atoms in total. The third-order valence-corrected chi connectivity index (χ3v) is 3.91. The lowest BCUT2D eigenvalue weighted by atomic mass is 10.2. The van der Waals surface area contributed by atoms with E-state index in [2.05, 4.69) is 10.6 Å². The van der Waals surface area contributed by atoms with E-state index >= 15 is 0 Å². The molecule has 1 atom stereocenters. The average molecular weight is 430 g/mol. The minimum absolute atomic E-state index is 0.0539. The number of nitrogens with zero attached hydrogens (tertiary/aromatic N) is 1. The van der Waals surface area contributed by atoms with E-state index in [1.165, 1.54) is 12.1 Å². The standard InChI is InChI=1S/C21H26N4O6/c1-21(2,3)31-20(27)24-18(13-30-12-14-7-5-4-6-8-14)19(26)23-17-11-15(25(28)29)9-10-16(17)22/h4-11,18H,12-13,22H2,1-3H3,(H,23,26)(H,24,27)/t18-/m1/s1. The smallest absolute Gasteiger partial charge is 0.408 e. The zero-order chi connectivity index (χ0) is 23.0. The second-order valence-electron chi connectivity index (χ2n) is 7.72. The molecule has 0 aliphatic heterocycles. The highest BCUT2D eigenvalue weighted by atomic mass is 16.6. The van der Waals surface area contributed by atoms with Crippen molar-refractivity contribution in [2.45, 2.75) is 39.0 Å². The van der Waals surface area contributed by atoms with Crippen LogP contribution in [0.2, 0.25) is 0 Å². The molecule has 0 aliphatic rings. The number of non-ortho nitro benzene ring substituents is 1. The van der Waals surface area contributed by atoms with Crippen molar-refractivity contribution in [2.75, 3.05) is 17.7 Å². The highest BCUT2D eigenvalue weighted by Crippen LogP contribution is 2.24. The predicted molar refractivity (Wildman–Crippen MR) is 115 cm³/mol. The first-order valence-corrected chi connectivity index (χ1v) is 9.51. The molecule has 0 aliphatic carbocycles. The molecule has 0 bridgehead atoms. The Morgan fingerprint density at radius 1 is 1.16 bits per heavy atom. The Morgan fingerprint density at radius 2 is 1.84 bits per heavy atom. The molecule has 0 heterocycles. The van der Waals surface area contributed by atoms with Gasteiger partial charge in [-0.3, -0.25) is 14.9 Å². The van der Waals surface area contributed by atoms with Gasteiger partial charge in [0.15, 0.2) is 0 Å². The van der Waals surface area contributed by atoms with Gasteiger partial charge in [0.05, 0.1) is 29.5 Å². The number of nitrogens with two attached hydrogens (primary N) is 1. The van der Waals surface area contributed by atoms with Gasteiger partial charge in [-0.2, -0.15) is 0 Å². The van der Waals surface area contributed by atoms with Crippen LogP contribution < -0.4 is 16.4 Å². The number of nitro benzene ring substituents is 1. The van der Waals surface area contributed by atoms with Crippen LogP contribution in [0.15, 0.2) is 48.5 Å². The van der Waals surface area contributed by atoms with Crippen molar-refractivity contribution in [1.82, 2.24) is 5.32 Å². The second kappa shape index (κ2) is 10.4. The van der Waals surface area contributed by atoms with Crippen LogP contribution in [0, 0.1) is 10.1 Å². The summed E-state index contributed by atoms with van der Waals surface area (Å²) < 4.78 is 10.8. The van der Waals surface area contributed by atoms with Crippen LogP contribution in [-0.2, 0) is 20.9 Å². The molecule has 31 heavy (non-hydrogen) atoms. The highest BCUT2D eigenvalue weighted by Gasteiger charge is 2.25. The van der Waals surface area contributed by atoms with Gasteiger partial charge in [0.25, 0.3) is 5.69 Å². The Bertz CT molecular complexity index is 927. The molecule has 166 valence electrons. The van der Waals surface area contributed by atoms with E-state index < -0.39 is 28.6 Å². The largest absolute Gasteiger partial charge is 0.444 e. The third-order valence-electron chi connectivity index (χ3n) is 3.91. The lowest BCUT2D eigenvalue weighted by molar-refractivity contribution is -0.384. The van der Waals surface area contributed by atoms with Crippen LogP contribution in [0.4, 0.5) is 21.9 Å². The molecule has 4 N–H and O–H groups in total. The third kappa shape index (κ3) is 7.94. The Kier molecular flexibility index (Phi) is 7.92. The van der Waals surface area contributed by atoms with E-state index in [4.69, 9.17) is 15.2 Å². The number of benzene rings is 2. The summed E-state index contributed by atoms with van der Waals surface area (Å²) in [6.45, 7) is 5.14. The number of carbonyl (C=O) groups excluding carboxylic acids is 2. The van der Waals surface area contributed by atoms with E-state index in [1.807, 2.05) is 30.3 Å². The summed E-state index contributed by atoms with van der Waals surface area (Å²) in [5.74, 6) is -0.661. The van der Waals surface area contributed by atoms with E-state index in [-0.39, 0.29) is 30.3 Å². The summed E-state index contributed by atoms with van der Waals surface area (Å²) >= 11 is 0. The normalized spacial score (nSPS) is 12.0. The van der Waals surface area contributed by atoms with Crippen molar-refractivity contribution in [3.8, 4) is 0 Å². The lowest BCUT2D eigenvalue weighted by Crippen LogP contribution is -2.48. The molecule has 10 heteroatoms. The van der Waals surface area contributed by atoms with Crippen LogP contribution >= 0.6 is 0 Å². The molecular weight excluding hydrogens is 404 g/mol. The number of ether oxygens (including phenoxy) is 2. The van der Waals surface area contributed by atoms with Crippen molar-refractivity contribution in [3.05, 3.63) is 64.2 Å². The number of hydrogen-bond donors (Lipinski definition) is 3. The Hall–Kier alpha value is -3.66. The zero-order valence-electron chi connectivity index (χ0n) is 17.6. The van der Waals surface area contributed by atoms with Crippen LogP contribution in [0.5, 0.6) is 0 Å². The van der Waals surface area contributed by atoms with Gasteiger partial charge in [0.1, 0.15) is 11.6 Å². The molecule has 0 saturated heterocycles. The number of hydrogen-bond acceptors (Lipinski definition) is 7. The summed E-state index contributed by atoms with van der Waals surface area (Å²) in [6, 6.07) is 11.9. The van der Waals surface area contributed by atoms with Crippen LogP contribution in [0.25, 0.3) is 0 Å². The van der Waals surface area contributed by atoms with Gasteiger partial charge in [-0.15, -0.1) is 0 Å². The van der Waals surface area contributed by atoms with Gasteiger partial charge >= 0.3 is 6.09 Å². The zero-order valence-corrected chi connectivity index (χ0v) is 17.6. The SMILES string of the molecule is CC(C)(C)OC(=O)N[C@H](COCc1ccccc1)C(=O)Nc1cc([N+](=O)[O-])ccc1N. The van der Waals surface area contributed by atoms with E-state index in [0.29, 0.717) is 0 Å². The molecule has 0 unspecified atom stereocenters. The number of nitro groups is 1. The Morgan fingerprint density at radius 3 is 2.45 bits per heavy atom. The molecule has 2 amide bonds. The fraction of sp³-hybridized carbons (Fsp3) is 0.333. The first-order valence-electron chi connectivity index (χ1n) is 9.51. The molecule has 2 aromatic rings. The number of rotatable bonds is 8. The first-order chi connectivity index (χ1) is 14.5. The minimum Gasteiger partial charge on any atom is -0.444 e. The van der Waals surface area contributed by atoms with Crippen LogP contribution in [0.3, 0.4) is 0 Å². The van der Waals surface area contributed by atoms with E-state index in [0.717, 1.165) is 11.6 Å². The lowest BCUT2D eigenvalue weighted by Gasteiger charge is -2.23. The maximum absolute atomic E-state index is 12.8. The van der Waals surface area contributed by atoms with Crippen molar-refractivity contribution in [2.24, 2.45) is 0 Å². The molecule has 0 aromatic heterocycles. The summed E-state index contributed by atoms with van der Waals surface area (Å²) in [7, 11) is 0. The molecule has 0 radical (unpaired) electrons. The summed E-state index contributed by atoms with van der Waals surface area (Å²) in [4.78, 5) is 35.4. The molecule has 2 aromatic carbocycles. The van der Waals surface area contributed by atoms with Gasteiger partial charge in [-0.05, 0) is 32.4 Å². The number of carbonyl (C=O) groups is 2. The van der Waals surface area contributed by atoms with Crippen molar-refractivity contribution in [1.29, 1.82) is 0 Å². The molecule has 0 spiro atoms. The Balaban J connectivity index is 2.11. The highest BCUT2D eigenvalue weighted by molar-refractivity contribution is 5.99. The monoisotopic (exact) mass is 430 g/mol. The molecule has 0 fully saturated rings. The van der Waals surface area contributed by atoms with E-state index in [9.17, 15) is 19.7 Å². The summed E-state index contributed by atoms with van der Waals surface area (Å²) in [5.41, 5.74) is 5.90. The second-order valence-corrected chi connectivity index (χ2v) is 7.72. The summed E-state index contributed by atoms with van der Waals surface area (Å²) in [5, 5.41) is 16.0. The fourth-order valence-corrected chi connectivity index (χ4v) is 2.49. The number of nitrogens with one attached hydrogen (secondary N) is 2. The number of amides is 2. The molecular formula is C21H26N4O6. The van der Waals surface area contributed by atoms with Crippen molar-refractivity contribution >= 4 is 29.1 Å². The topological polar surface area (TPSA) is 146 Å². The fourth-order valence-electron chi connectivity index (χ4n) is 2.49. The number of alkyl carbamates (subject to hydrolysis) is 1. The quantitative estimate of drug-likeness (QED) is 0.331. The van der Waals surface area contributed by atoms with Gasteiger partial charge in [-0.25, -0.2) is 4.79 Å². The van der Waals surface area contributed by atoms with Crippen LogP contribution in [0.1, 0.15) is 26.3 Å². The van der Waals surface area contributed by atoms with Gasteiger partial charge in [0, 0.05) is 12.1 Å². The first kappa shape index (κ1) is 23.6. The maximum atomic E-state index is 12.8. The maximum Gasteiger partial charge on any atom is 0.408 e. The average Bonchev–Trinajstić information content (AvgIpc) is 2.68. The van der Waals surface area contributed by atoms with Crippen molar-refractivity contribution < 1.29 is 24.0 Å². The Labute approximate surface area is 179 Å². The molecule has 0 saturated carbocycles. The number of anilines is 2.